The molecule has 0 spiro atoms. The summed E-state index contributed by atoms with van der Waals surface area (Å²) in [5.74, 6) is 0.395. The number of alkyl halides is 1. The first-order valence-corrected chi connectivity index (χ1v) is 6.83. The number of benzene rings is 1. The van der Waals surface area contributed by atoms with Gasteiger partial charge in [-0.3, -0.25) is 10.1 Å². The lowest BCUT2D eigenvalue weighted by molar-refractivity contribution is -0.386. The minimum absolute atomic E-state index is 0.0638. The summed E-state index contributed by atoms with van der Waals surface area (Å²) in [6, 6.07) is 5.12. The van der Waals surface area contributed by atoms with Crippen molar-refractivity contribution in [3.63, 3.8) is 0 Å². The van der Waals surface area contributed by atoms with Gasteiger partial charge in [0.25, 0.3) is 0 Å². The zero-order valence-electron chi connectivity index (χ0n) is 9.39. The summed E-state index contributed by atoms with van der Waals surface area (Å²) in [5, 5.41) is 11.6. The maximum absolute atomic E-state index is 11.0. The van der Waals surface area contributed by atoms with Crippen molar-refractivity contribution < 1.29 is 9.66 Å². The molecule has 2 rings (SSSR count). The van der Waals surface area contributed by atoms with Crippen LogP contribution in [0.15, 0.2) is 18.2 Å². The van der Waals surface area contributed by atoms with Gasteiger partial charge in [-0.25, -0.2) is 0 Å². The first-order chi connectivity index (χ1) is 8.20. The number of hydrogen-bond donors (Lipinski definition) is 0. The van der Waals surface area contributed by atoms with Gasteiger partial charge in [-0.05, 0) is 37.3 Å². The van der Waals surface area contributed by atoms with E-state index >= 15 is 0 Å². The third-order valence-electron chi connectivity index (χ3n) is 2.97. The van der Waals surface area contributed by atoms with Crippen molar-refractivity contribution in [2.75, 3.05) is 0 Å². The van der Waals surface area contributed by atoms with Crippen LogP contribution in [-0.4, -0.2) is 11.0 Å². The normalized spacial score (nSPS) is 16.1. The monoisotopic (exact) mass is 299 g/mol. The molecule has 0 N–H and O–H groups in total. The lowest BCUT2D eigenvalue weighted by Gasteiger charge is -2.13. The molecule has 1 saturated carbocycles. The minimum atomic E-state index is -0.379. The highest BCUT2D eigenvalue weighted by atomic mass is 79.9. The molecule has 0 aliphatic heterocycles. The Bertz CT molecular complexity index is 416. The molecule has 1 aliphatic rings. The van der Waals surface area contributed by atoms with E-state index in [9.17, 15) is 10.1 Å². The van der Waals surface area contributed by atoms with Crippen molar-refractivity contribution in [1.82, 2.24) is 0 Å². The van der Waals surface area contributed by atoms with Gasteiger partial charge in [-0.1, -0.05) is 22.0 Å². The molecule has 1 aromatic carbocycles. The van der Waals surface area contributed by atoms with Crippen LogP contribution in [0.5, 0.6) is 5.75 Å². The first-order valence-electron chi connectivity index (χ1n) is 5.70. The van der Waals surface area contributed by atoms with Gasteiger partial charge in [-0.15, -0.1) is 0 Å². The number of nitro groups is 1. The van der Waals surface area contributed by atoms with Crippen LogP contribution < -0.4 is 4.74 Å². The van der Waals surface area contributed by atoms with Gasteiger partial charge in [0, 0.05) is 11.4 Å². The van der Waals surface area contributed by atoms with Gasteiger partial charge in [-0.2, -0.15) is 0 Å². The number of nitrogens with zero attached hydrogens (tertiary/aromatic N) is 1. The van der Waals surface area contributed by atoms with Crippen molar-refractivity contribution in [3.05, 3.63) is 33.9 Å². The topological polar surface area (TPSA) is 52.4 Å². The summed E-state index contributed by atoms with van der Waals surface area (Å²) in [5.41, 5.74) is 0.948. The molecule has 4 nitrogen and oxygen atoms in total. The van der Waals surface area contributed by atoms with Crippen molar-refractivity contribution >= 4 is 21.6 Å². The predicted molar refractivity (Wildman–Crippen MR) is 68.6 cm³/mol. The van der Waals surface area contributed by atoms with Crippen molar-refractivity contribution in [2.24, 2.45) is 0 Å². The zero-order valence-corrected chi connectivity index (χ0v) is 11.0. The fourth-order valence-electron chi connectivity index (χ4n) is 2.07. The molecule has 92 valence electrons. The molecule has 0 aromatic heterocycles. The standard InChI is InChI=1S/C12H14BrNO3/c13-8-9-5-6-12(11(7-9)14(15)16)17-10-3-1-2-4-10/h5-7,10H,1-4,8H2. The third-order valence-corrected chi connectivity index (χ3v) is 3.62. The summed E-state index contributed by atoms with van der Waals surface area (Å²) >= 11 is 3.29. The number of nitro benzene ring substituents is 1. The summed E-state index contributed by atoms with van der Waals surface area (Å²) in [7, 11) is 0. The van der Waals surface area contributed by atoms with E-state index in [4.69, 9.17) is 4.74 Å². The fraction of sp³-hybridized carbons (Fsp3) is 0.500. The Morgan fingerprint density at radius 2 is 2.12 bits per heavy atom. The van der Waals surface area contributed by atoms with E-state index < -0.39 is 0 Å². The van der Waals surface area contributed by atoms with Gasteiger partial charge in [0.1, 0.15) is 0 Å². The second kappa shape index (κ2) is 5.49. The van der Waals surface area contributed by atoms with Gasteiger partial charge >= 0.3 is 5.69 Å². The summed E-state index contributed by atoms with van der Waals surface area (Å²) in [6.45, 7) is 0. The Labute approximate surface area is 108 Å². The predicted octanol–water partition coefficient (Wildman–Crippen LogP) is 3.81. The van der Waals surface area contributed by atoms with E-state index in [1.807, 2.05) is 6.07 Å². The lowest BCUT2D eigenvalue weighted by Crippen LogP contribution is -2.12. The van der Waals surface area contributed by atoms with Gasteiger partial charge < -0.3 is 4.74 Å². The average molecular weight is 300 g/mol. The number of hydrogen-bond acceptors (Lipinski definition) is 3. The summed E-state index contributed by atoms with van der Waals surface area (Å²) in [4.78, 5) is 10.6. The highest BCUT2D eigenvalue weighted by molar-refractivity contribution is 9.08. The minimum Gasteiger partial charge on any atom is -0.484 e. The summed E-state index contributed by atoms with van der Waals surface area (Å²) < 4.78 is 5.71. The average Bonchev–Trinajstić information content (AvgIpc) is 2.82. The van der Waals surface area contributed by atoms with Gasteiger partial charge in [0.2, 0.25) is 0 Å². The van der Waals surface area contributed by atoms with Crippen LogP contribution in [0.1, 0.15) is 31.2 Å². The van der Waals surface area contributed by atoms with E-state index in [1.54, 1.807) is 12.1 Å². The van der Waals surface area contributed by atoms with Crippen LogP contribution in [0.3, 0.4) is 0 Å². The van der Waals surface area contributed by atoms with Gasteiger partial charge in [0.05, 0.1) is 11.0 Å². The molecule has 0 unspecified atom stereocenters. The Morgan fingerprint density at radius 1 is 1.41 bits per heavy atom. The van der Waals surface area contributed by atoms with E-state index in [2.05, 4.69) is 15.9 Å². The maximum Gasteiger partial charge on any atom is 0.311 e. The molecule has 0 saturated heterocycles. The molecule has 1 aromatic rings. The molecule has 1 aliphatic carbocycles. The first kappa shape index (κ1) is 12.4. The molecule has 0 heterocycles. The largest absolute Gasteiger partial charge is 0.484 e. The van der Waals surface area contributed by atoms with Crippen LogP contribution in [0.4, 0.5) is 5.69 Å². The number of rotatable bonds is 4. The SMILES string of the molecule is O=[N+]([O-])c1cc(CBr)ccc1OC1CCCC1. The zero-order chi connectivity index (χ0) is 12.3. The molecule has 0 atom stereocenters. The third kappa shape index (κ3) is 2.97. The maximum atomic E-state index is 11.0. The van der Waals surface area contributed by atoms with Crippen molar-refractivity contribution in [1.29, 1.82) is 0 Å². The second-order valence-electron chi connectivity index (χ2n) is 4.22. The Kier molecular flexibility index (Phi) is 3.99. The fourth-order valence-corrected chi connectivity index (χ4v) is 2.42. The highest BCUT2D eigenvalue weighted by Crippen LogP contribution is 2.32. The van der Waals surface area contributed by atoms with E-state index in [0.717, 1.165) is 31.2 Å². The van der Waals surface area contributed by atoms with E-state index in [0.29, 0.717) is 11.1 Å². The Morgan fingerprint density at radius 3 is 2.71 bits per heavy atom. The quantitative estimate of drug-likeness (QED) is 0.482. The number of halogens is 1. The summed E-state index contributed by atoms with van der Waals surface area (Å²) in [6.07, 6.45) is 4.44. The highest BCUT2D eigenvalue weighted by Gasteiger charge is 2.22. The van der Waals surface area contributed by atoms with Crippen LogP contribution >= 0.6 is 15.9 Å². The molecular formula is C12H14BrNO3. The number of ether oxygens (including phenoxy) is 1. The molecular weight excluding hydrogens is 286 g/mol. The van der Waals surface area contributed by atoms with E-state index in [1.165, 1.54) is 0 Å². The molecule has 0 amide bonds. The lowest BCUT2D eigenvalue weighted by atomic mass is 10.2. The van der Waals surface area contributed by atoms with Crippen molar-refractivity contribution in [2.45, 2.75) is 37.1 Å². The van der Waals surface area contributed by atoms with Crippen LogP contribution in [0, 0.1) is 10.1 Å². The molecule has 0 bridgehead atoms. The molecule has 17 heavy (non-hydrogen) atoms. The second-order valence-corrected chi connectivity index (χ2v) is 4.78. The van der Waals surface area contributed by atoms with Crippen LogP contribution in [0.2, 0.25) is 0 Å². The van der Waals surface area contributed by atoms with Gasteiger partial charge in [0.15, 0.2) is 5.75 Å². The van der Waals surface area contributed by atoms with Crippen molar-refractivity contribution in [3.8, 4) is 5.75 Å². The van der Waals surface area contributed by atoms with E-state index in [-0.39, 0.29) is 16.7 Å². The Hall–Kier alpha value is -1.10. The molecule has 0 radical (unpaired) electrons. The molecule has 5 heteroatoms. The smallest absolute Gasteiger partial charge is 0.311 e. The van der Waals surface area contributed by atoms with Crippen LogP contribution in [0.25, 0.3) is 0 Å². The molecule has 1 fully saturated rings. The Balaban J connectivity index is 2.22. The van der Waals surface area contributed by atoms with Crippen LogP contribution in [-0.2, 0) is 5.33 Å².